The molecule has 0 radical (unpaired) electrons. The molecule has 5 rings (SSSR count). The van der Waals surface area contributed by atoms with Crippen molar-refractivity contribution in [2.45, 2.75) is 38.5 Å². The molecular formula is C24H26N6O4. The van der Waals surface area contributed by atoms with Crippen molar-refractivity contribution >= 4 is 11.9 Å². The third-order valence-electron chi connectivity index (χ3n) is 6.64. The van der Waals surface area contributed by atoms with Crippen LogP contribution in [-0.4, -0.2) is 67.8 Å². The fourth-order valence-electron chi connectivity index (χ4n) is 4.67. The van der Waals surface area contributed by atoms with Crippen LogP contribution in [0.15, 0.2) is 42.7 Å². The van der Waals surface area contributed by atoms with Gasteiger partial charge in [-0.15, -0.1) is 5.10 Å². The zero-order valence-electron chi connectivity index (χ0n) is 18.8. The van der Waals surface area contributed by atoms with Gasteiger partial charge in [0.25, 0.3) is 5.91 Å². The van der Waals surface area contributed by atoms with Crippen LogP contribution in [0.3, 0.4) is 0 Å². The van der Waals surface area contributed by atoms with Crippen LogP contribution >= 0.6 is 0 Å². The Morgan fingerprint density at radius 1 is 1.26 bits per heavy atom. The monoisotopic (exact) mass is 462 g/mol. The number of fused-ring (bicyclic) bond motifs is 1. The number of β-amino-alcohol motifs (C(OH)–C–C–N with tert-alkyl or cyclic N) is 1. The molecule has 0 unspecified atom stereocenters. The molecule has 2 N–H and O–H groups in total. The quantitative estimate of drug-likeness (QED) is 0.530. The number of ether oxygens (including phenoxy) is 1. The summed E-state index contributed by atoms with van der Waals surface area (Å²) in [6.45, 7) is 4.25. The van der Waals surface area contributed by atoms with Crippen LogP contribution in [-0.2, 0) is 11.3 Å². The lowest BCUT2D eigenvalue weighted by atomic mass is 9.94. The summed E-state index contributed by atoms with van der Waals surface area (Å²) >= 11 is 0. The number of amides is 1. The van der Waals surface area contributed by atoms with Crippen LogP contribution < -0.4 is 5.32 Å². The SMILES string of the molecule is Cc1c([C@@H](O)CN2CCC(NC(=O)c3cccc(-n4cnnn4)c3)CC2)ccc2c1COC2=O. The molecular weight excluding hydrogens is 436 g/mol. The molecule has 3 heterocycles. The number of carbonyl (C=O) groups is 2. The molecule has 1 fully saturated rings. The zero-order chi connectivity index (χ0) is 23.7. The maximum absolute atomic E-state index is 12.8. The molecule has 0 spiro atoms. The Kier molecular flexibility index (Phi) is 6.08. The van der Waals surface area contributed by atoms with Gasteiger partial charge in [-0.05, 0) is 65.6 Å². The molecule has 2 aliphatic heterocycles. The molecule has 1 amide bonds. The number of aliphatic hydroxyl groups is 1. The molecule has 2 aliphatic rings. The summed E-state index contributed by atoms with van der Waals surface area (Å²) in [5, 5.41) is 25.1. The van der Waals surface area contributed by atoms with Gasteiger partial charge >= 0.3 is 5.97 Å². The van der Waals surface area contributed by atoms with Gasteiger partial charge in [-0.25, -0.2) is 9.48 Å². The van der Waals surface area contributed by atoms with Crippen LogP contribution in [0.5, 0.6) is 0 Å². The van der Waals surface area contributed by atoms with Gasteiger partial charge in [-0.1, -0.05) is 12.1 Å². The number of hydrogen-bond acceptors (Lipinski definition) is 8. The van der Waals surface area contributed by atoms with E-state index in [2.05, 4.69) is 25.7 Å². The number of aromatic nitrogens is 4. The number of tetrazole rings is 1. The highest BCUT2D eigenvalue weighted by Gasteiger charge is 2.27. The second-order valence-corrected chi connectivity index (χ2v) is 8.75. The third kappa shape index (κ3) is 4.42. The minimum atomic E-state index is -0.652. The molecule has 10 nitrogen and oxygen atoms in total. The topological polar surface area (TPSA) is 122 Å². The van der Waals surface area contributed by atoms with Crippen LogP contribution in [0.4, 0.5) is 0 Å². The lowest BCUT2D eigenvalue weighted by Crippen LogP contribution is -2.45. The van der Waals surface area contributed by atoms with Crippen molar-refractivity contribution in [1.29, 1.82) is 0 Å². The zero-order valence-corrected chi connectivity index (χ0v) is 18.8. The average Bonchev–Trinajstić information content (AvgIpc) is 3.51. The number of hydrogen-bond donors (Lipinski definition) is 2. The van der Waals surface area contributed by atoms with Gasteiger partial charge in [-0.2, -0.15) is 0 Å². The van der Waals surface area contributed by atoms with E-state index in [9.17, 15) is 14.7 Å². The molecule has 34 heavy (non-hydrogen) atoms. The molecule has 1 aromatic heterocycles. The standard InChI is InChI=1S/C24H26N6O4/c1-15-19(5-6-20-21(15)13-34-24(20)33)22(31)12-29-9-7-17(8-10-29)26-23(32)16-3-2-4-18(11-16)30-14-25-27-28-30/h2-6,11,14,17,22,31H,7-10,12-13H2,1H3,(H,26,32)/t22-/m0/s1. The Morgan fingerprint density at radius 2 is 2.09 bits per heavy atom. The number of carbonyl (C=O) groups excluding carboxylic acids is 2. The van der Waals surface area contributed by atoms with Crippen molar-refractivity contribution in [2.24, 2.45) is 0 Å². The molecule has 0 bridgehead atoms. The molecule has 1 atom stereocenters. The largest absolute Gasteiger partial charge is 0.457 e. The number of esters is 1. The number of nitrogens with one attached hydrogen (secondary N) is 1. The van der Waals surface area contributed by atoms with E-state index in [0.717, 1.165) is 48.3 Å². The summed E-state index contributed by atoms with van der Waals surface area (Å²) < 4.78 is 6.62. The van der Waals surface area contributed by atoms with Crippen molar-refractivity contribution in [3.63, 3.8) is 0 Å². The number of benzene rings is 2. The van der Waals surface area contributed by atoms with Gasteiger partial charge in [0, 0.05) is 36.8 Å². The highest BCUT2D eigenvalue weighted by molar-refractivity contribution is 5.95. The van der Waals surface area contributed by atoms with E-state index in [1.54, 1.807) is 24.3 Å². The Hall–Kier alpha value is -3.63. The van der Waals surface area contributed by atoms with Crippen molar-refractivity contribution < 1.29 is 19.4 Å². The van der Waals surface area contributed by atoms with E-state index in [1.165, 1.54) is 11.0 Å². The molecule has 176 valence electrons. The van der Waals surface area contributed by atoms with Gasteiger partial charge in [-0.3, -0.25) is 4.79 Å². The molecule has 1 saturated heterocycles. The Bertz CT molecular complexity index is 1200. The van der Waals surface area contributed by atoms with Gasteiger partial charge < -0.3 is 20.1 Å². The summed E-state index contributed by atoms with van der Waals surface area (Å²) in [6.07, 6.45) is 2.44. The van der Waals surface area contributed by atoms with Crippen LogP contribution in [0.1, 0.15) is 56.4 Å². The fourth-order valence-corrected chi connectivity index (χ4v) is 4.67. The van der Waals surface area contributed by atoms with E-state index >= 15 is 0 Å². The van der Waals surface area contributed by atoms with Crippen molar-refractivity contribution in [1.82, 2.24) is 30.4 Å². The minimum Gasteiger partial charge on any atom is -0.457 e. The number of rotatable bonds is 6. The predicted molar refractivity (Wildman–Crippen MR) is 121 cm³/mol. The van der Waals surface area contributed by atoms with Crippen LogP contribution in [0.25, 0.3) is 5.69 Å². The lowest BCUT2D eigenvalue weighted by molar-refractivity contribution is 0.0534. The predicted octanol–water partition coefficient (Wildman–Crippen LogP) is 1.57. The second kappa shape index (κ2) is 9.32. The fraction of sp³-hybridized carbons (Fsp3) is 0.375. The van der Waals surface area contributed by atoms with E-state index in [4.69, 9.17) is 4.74 Å². The van der Waals surface area contributed by atoms with Gasteiger partial charge in [0.1, 0.15) is 12.9 Å². The number of cyclic esters (lactones) is 1. The van der Waals surface area contributed by atoms with Crippen molar-refractivity contribution in [3.8, 4) is 5.69 Å². The summed E-state index contributed by atoms with van der Waals surface area (Å²) in [7, 11) is 0. The maximum atomic E-state index is 12.8. The van der Waals surface area contributed by atoms with Crippen molar-refractivity contribution in [3.05, 3.63) is 70.5 Å². The van der Waals surface area contributed by atoms with E-state index in [1.807, 2.05) is 19.1 Å². The molecule has 0 aliphatic carbocycles. The van der Waals surface area contributed by atoms with E-state index in [-0.39, 0.29) is 24.5 Å². The first-order valence-electron chi connectivity index (χ1n) is 11.3. The number of likely N-dealkylation sites (tertiary alicyclic amines) is 1. The van der Waals surface area contributed by atoms with Gasteiger partial charge in [0.2, 0.25) is 0 Å². The lowest BCUT2D eigenvalue weighted by Gasteiger charge is -2.33. The summed E-state index contributed by atoms with van der Waals surface area (Å²) in [5.74, 6) is -0.427. The molecule has 2 aromatic carbocycles. The third-order valence-corrected chi connectivity index (χ3v) is 6.64. The van der Waals surface area contributed by atoms with E-state index < -0.39 is 6.10 Å². The Labute approximate surface area is 196 Å². The summed E-state index contributed by atoms with van der Waals surface area (Å²) in [6, 6.07) is 10.8. The molecule has 0 saturated carbocycles. The first-order valence-corrected chi connectivity index (χ1v) is 11.3. The van der Waals surface area contributed by atoms with E-state index in [0.29, 0.717) is 17.7 Å². The summed E-state index contributed by atoms with van der Waals surface area (Å²) in [5.41, 5.74) is 4.48. The first kappa shape index (κ1) is 22.2. The number of aliphatic hydroxyl groups excluding tert-OH is 1. The highest BCUT2D eigenvalue weighted by atomic mass is 16.5. The van der Waals surface area contributed by atoms with Gasteiger partial charge in [0.05, 0.1) is 17.4 Å². The summed E-state index contributed by atoms with van der Waals surface area (Å²) in [4.78, 5) is 26.7. The van der Waals surface area contributed by atoms with Crippen LogP contribution in [0.2, 0.25) is 0 Å². The van der Waals surface area contributed by atoms with Crippen LogP contribution in [0, 0.1) is 6.92 Å². The minimum absolute atomic E-state index is 0.0717. The molecule has 10 heteroatoms. The number of piperidine rings is 1. The number of nitrogens with zero attached hydrogens (tertiary/aromatic N) is 5. The molecule has 3 aromatic rings. The smallest absolute Gasteiger partial charge is 0.338 e. The first-order chi connectivity index (χ1) is 16.5. The normalized spacial score (nSPS) is 17.3. The van der Waals surface area contributed by atoms with Crippen molar-refractivity contribution in [2.75, 3.05) is 19.6 Å². The highest BCUT2D eigenvalue weighted by Crippen LogP contribution is 2.29. The maximum Gasteiger partial charge on any atom is 0.338 e. The second-order valence-electron chi connectivity index (χ2n) is 8.75. The Morgan fingerprint density at radius 3 is 2.85 bits per heavy atom. The average molecular weight is 463 g/mol. The Balaban J connectivity index is 1.15. The van der Waals surface area contributed by atoms with Gasteiger partial charge in [0.15, 0.2) is 0 Å².